The minimum Gasteiger partial charge on any atom is -0.264 e. The summed E-state index contributed by atoms with van der Waals surface area (Å²) in [5.74, 6) is 2.62. The van der Waals surface area contributed by atoms with E-state index in [2.05, 4.69) is 16.2 Å². The van der Waals surface area contributed by atoms with Gasteiger partial charge in [-0.3, -0.25) is 4.98 Å². The summed E-state index contributed by atoms with van der Waals surface area (Å²) in [6.45, 7) is 0. The smallest absolute Gasteiger partial charge is 0.214 e. The molecule has 0 radical (unpaired) electrons. The third kappa shape index (κ3) is 2.59. The van der Waals surface area contributed by atoms with Crippen molar-refractivity contribution >= 4 is 20.6 Å². The van der Waals surface area contributed by atoms with Crippen LogP contribution in [0.4, 0.5) is 0 Å². The first kappa shape index (κ1) is 10.7. The van der Waals surface area contributed by atoms with E-state index in [1.165, 1.54) is 0 Å². The Morgan fingerprint density at radius 1 is 1.19 bits per heavy atom. The van der Waals surface area contributed by atoms with Gasteiger partial charge in [-0.15, -0.1) is 0 Å². The molecular weight excluding hydrogens is 222 g/mol. The first-order chi connectivity index (χ1) is 7.54. The van der Waals surface area contributed by atoms with Crippen LogP contribution in [0.15, 0.2) is 36.7 Å². The third-order valence-corrected chi connectivity index (χ3v) is 2.49. The molecule has 0 saturated carbocycles. The summed E-state index contributed by atoms with van der Waals surface area (Å²) < 4.78 is 21.8. The molecule has 1 heterocycles. The Hall–Kier alpha value is -1.86. The summed E-state index contributed by atoms with van der Waals surface area (Å²) in [7, 11) is -3.25. The summed E-state index contributed by atoms with van der Waals surface area (Å²) in [6, 6.07) is 7.35. The topological polar surface area (TPSA) is 47.0 Å². The number of rotatable bonds is 0. The Morgan fingerprint density at radius 3 is 2.75 bits per heavy atom. The van der Waals surface area contributed by atoms with Crippen LogP contribution in [0.25, 0.3) is 10.8 Å². The van der Waals surface area contributed by atoms with Crippen molar-refractivity contribution in [3.63, 3.8) is 0 Å². The van der Waals surface area contributed by atoms with Gasteiger partial charge in [-0.25, -0.2) is 8.42 Å². The van der Waals surface area contributed by atoms with Gasteiger partial charge in [0, 0.05) is 28.6 Å². The molecule has 0 aliphatic heterocycles. The van der Waals surface area contributed by atoms with Crippen LogP contribution in [0.5, 0.6) is 0 Å². The van der Waals surface area contributed by atoms with E-state index < -0.39 is 9.84 Å². The number of hydrogen-bond acceptors (Lipinski definition) is 3. The maximum atomic E-state index is 10.9. The first-order valence-corrected chi connectivity index (χ1v) is 6.50. The quantitative estimate of drug-likeness (QED) is 0.647. The van der Waals surface area contributed by atoms with Crippen LogP contribution in [-0.2, 0) is 9.84 Å². The van der Waals surface area contributed by atoms with E-state index in [9.17, 15) is 8.42 Å². The normalized spacial score (nSPS) is 10.8. The molecule has 0 fully saturated rings. The van der Waals surface area contributed by atoms with Gasteiger partial charge in [-0.2, -0.15) is 0 Å². The molecule has 1 aromatic carbocycles. The SMILES string of the molecule is CS(=O)(=O)C#Cc1ccc2cnccc2c1. The van der Waals surface area contributed by atoms with Crippen molar-refractivity contribution in [3.8, 4) is 11.2 Å². The Kier molecular flexibility index (Phi) is 2.63. The number of hydrogen-bond donors (Lipinski definition) is 0. The molecule has 0 saturated heterocycles. The van der Waals surface area contributed by atoms with Gasteiger partial charge in [0.25, 0.3) is 0 Å². The fourth-order valence-corrected chi connectivity index (χ4v) is 1.62. The van der Waals surface area contributed by atoms with Gasteiger partial charge in [-0.05, 0) is 23.6 Å². The molecule has 2 aromatic rings. The van der Waals surface area contributed by atoms with Gasteiger partial charge in [0.2, 0.25) is 9.84 Å². The van der Waals surface area contributed by atoms with E-state index in [-0.39, 0.29) is 0 Å². The van der Waals surface area contributed by atoms with Gasteiger partial charge < -0.3 is 0 Å². The third-order valence-electron chi connectivity index (χ3n) is 2.02. The lowest BCUT2D eigenvalue weighted by molar-refractivity contribution is 0.611. The maximum absolute atomic E-state index is 10.9. The minimum atomic E-state index is -3.25. The Bertz CT molecular complexity index is 694. The summed E-state index contributed by atoms with van der Waals surface area (Å²) in [5.41, 5.74) is 0.684. The zero-order valence-corrected chi connectivity index (χ0v) is 9.45. The van der Waals surface area contributed by atoms with Crippen molar-refractivity contribution < 1.29 is 8.42 Å². The Labute approximate surface area is 94.1 Å². The van der Waals surface area contributed by atoms with E-state index in [4.69, 9.17) is 0 Å². The highest BCUT2D eigenvalue weighted by atomic mass is 32.2. The van der Waals surface area contributed by atoms with Crippen LogP contribution in [0.2, 0.25) is 0 Å². The average molecular weight is 231 g/mol. The van der Waals surface area contributed by atoms with Crippen LogP contribution in [0.1, 0.15) is 5.56 Å². The fraction of sp³-hybridized carbons (Fsp3) is 0.0833. The van der Waals surface area contributed by atoms with Crippen molar-refractivity contribution in [2.75, 3.05) is 6.26 Å². The number of nitrogens with zero attached hydrogens (tertiary/aromatic N) is 1. The van der Waals surface area contributed by atoms with Crippen LogP contribution < -0.4 is 0 Å². The summed E-state index contributed by atoms with van der Waals surface area (Å²) in [5, 5.41) is 4.21. The molecule has 0 aliphatic carbocycles. The number of aromatic nitrogens is 1. The largest absolute Gasteiger partial charge is 0.264 e. The molecule has 0 amide bonds. The molecule has 3 nitrogen and oxygen atoms in total. The summed E-state index contributed by atoms with van der Waals surface area (Å²) in [4.78, 5) is 4.00. The standard InChI is InChI=1S/C12H9NO2S/c1-16(14,15)7-5-10-2-3-12-9-13-6-4-11(12)8-10/h2-4,6,8-9H,1H3. The molecule has 0 N–H and O–H groups in total. The zero-order chi connectivity index (χ0) is 11.6. The second-order valence-electron chi connectivity index (χ2n) is 3.44. The average Bonchev–Trinajstić information content (AvgIpc) is 2.25. The first-order valence-electron chi connectivity index (χ1n) is 4.61. The number of sulfone groups is 1. The van der Waals surface area contributed by atoms with Crippen molar-refractivity contribution in [2.24, 2.45) is 0 Å². The predicted molar refractivity (Wildman–Crippen MR) is 63.5 cm³/mol. The predicted octanol–water partition coefficient (Wildman–Crippen LogP) is 1.59. The van der Waals surface area contributed by atoms with Crippen molar-refractivity contribution in [1.29, 1.82) is 0 Å². The van der Waals surface area contributed by atoms with E-state index >= 15 is 0 Å². The Morgan fingerprint density at radius 2 is 2.00 bits per heavy atom. The van der Waals surface area contributed by atoms with E-state index in [1.807, 2.05) is 18.2 Å². The van der Waals surface area contributed by atoms with Gasteiger partial charge in [0.05, 0.1) is 6.26 Å². The van der Waals surface area contributed by atoms with E-state index in [0.29, 0.717) is 5.56 Å². The van der Waals surface area contributed by atoms with Gasteiger partial charge in [-0.1, -0.05) is 12.0 Å². The van der Waals surface area contributed by atoms with Crippen LogP contribution in [-0.4, -0.2) is 19.7 Å². The van der Waals surface area contributed by atoms with Crippen molar-refractivity contribution in [3.05, 3.63) is 42.2 Å². The second-order valence-corrected chi connectivity index (χ2v) is 5.19. The molecule has 1 aromatic heterocycles. The highest BCUT2D eigenvalue weighted by molar-refractivity contribution is 7.95. The second kappa shape index (κ2) is 3.95. The molecule has 16 heavy (non-hydrogen) atoms. The van der Waals surface area contributed by atoms with Gasteiger partial charge in [0.1, 0.15) is 0 Å². The highest BCUT2D eigenvalue weighted by Gasteiger charge is 1.95. The van der Waals surface area contributed by atoms with Crippen LogP contribution >= 0.6 is 0 Å². The molecule has 0 unspecified atom stereocenters. The fourth-order valence-electron chi connectivity index (χ4n) is 1.31. The van der Waals surface area contributed by atoms with Crippen LogP contribution in [0, 0.1) is 11.2 Å². The lowest BCUT2D eigenvalue weighted by Gasteiger charge is -1.96. The molecule has 80 valence electrons. The number of fused-ring (bicyclic) bond motifs is 1. The zero-order valence-electron chi connectivity index (χ0n) is 8.64. The summed E-state index contributed by atoms with van der Waals surface area (Å²) >= 11 is 0. The highest BCUT2D eigenvalue weighted by Crippen LogP contribution is 2.13. The minimum absolute atomic E-state index is 0.684. The van der Waals surface area contributed by atoms with E-state index in [1.54, 1.807) is 18.5 Å². The lowest BCUT2D eigenvalue weighted by Crippen LogP contribution is -1.89. The molecule has 4 heteroatoms. The van der Waals surface area contributed by atoms with Crippen molar-refractivity contribution in [2.45, 2.75) is 0 Å². The number of pyridine rings is 1. The van der Waals surface area contributed by atoms with Crippen molar-refractivity contribution in [1.82, 2.24) is 4.98 Å². The van der Waals surface area contributed by atoms with E-state index in [0.717, 1.165) is 17.0 Å². The van der Waals surface area contributed by atoms with Gasteiger partial charge in [0.15, 0.2) is 0 Å². The number of benzene rings is 1. The molecule has 0 bridgehead atoms. The molecule has 0 spiro atoms. The lowest BCUT2D eigenvalue weighted by atomic mass is 10.1. The molecule has 2 rings (SSSR count). The summed E-state index contributed by atoms with van der Waals surface area (Å²) in [6.07, 6.45) is 4.53. The van der Waals surface area contributed by atoms with Crippen LogP contribution in [0.3, 0.4) is 0 Å². The Balaban J connectivity index is 2.51. The maximum Gasteiger partial charge on any atom is 0.214 e. The monoisotopic (exact) mass is 231 g/mol. The van der Waals surface area contributed by atoms with Gasteiger partial charge >= 0.3 is 0 Å². The molecule has 0 atom stereocenters. The molecular formula is C12H9NO2S. The molecule has 0 aliphatic rings.